The minimum absolute atomic E-state index is 0.518. The van der Waals surface area contributed by atoms with E-state index in [0.717, 1.165) is 6.42 Å². The van der Waals surface area contributed by atoms with Crippen LogP contribution >= 0.6 is 0 Å². The van der Waals surface area contributed by atoms with Gasteiger partial charge in [-0.2, -0.15) is 0 Å². The van der Waals surface area contributed by atoms with Crippen LogP contribution < -0.4 is 0 Å². The van der Waals surface area contributed by atoms with E-state index >= 15 is 0 Å². The van der Waals surface area contributed by atoms with Gasteiger partial charge in [-0.3, -0.25) is 0 Å². The zero-order valence-electron chi connectivity index (χ0n) is 5.76. The summed E-state index contributed by atoms with van der Waals surface area (Å²) in [6.07, 6.45) is 1.32. The number of halogens is 1. The topological polar surface area (TPSA) is 0 Å². The Labute approximate surface area is 60.7 Å². The molecule has 0 atom stereocenters. The van der Waals surface area contributed by atoms with Gasteiger partial charge in [-0.1, -0.05) is 30.3 Å². The molecule has 53 valence electrons. The van der Waals surface area contributed by atoms with Crippen LogP contribution in [0.25, 0.3) is 0 Å². The van der Waals surface area contributed by atoms with E-state index in [0.29, 0.717) is 13.1 Å². The number of benzene rings is 1. The highest BCUT2D eigenvalue weighted by Crippen LogP contribution is 2.03. The van der Waals surface area contributed by atoms with Crippen molar-refractivity contribution in [2.45, 2.75) is 12.8 Å². The lowest BCUT2D eigenvalue weighted by atomic mass is 10.1. The van der Waals surface area contributed by atoms with Crippen LogP contribution in [0.15, 0.2) is 30.3 Å². The van der Waals surface area contributed by atoms with Crippen LogP contribution in [-0.2, 0) is 6.42 Å². The Bertz CT molecular complexity index is 169. The van der Waals surface area contributed by atoms with Crippen LogP contribution in [0.3, 0.4) is 0 Å². The summed E-state index contributed by atoms with van der Waals surface area (Å²) in [4.78, 5) is 0. The van der Waals surface area contributed by atoms with Crippen LogP contribution in [-0.4, -0.2) is 0 Å². The Kier molecular flexibility index (Phi) is 2.94. The molecular weight excluding hydrogens is 127 g/mol. The van der Waals surface area contributed by atoms with Crippen molar-refractivity contribution in [2.75, 3.05) is 0 Å². The molecule has 0 amide bonds. The Hall–Kier alpha value is -0.850. The zero-order valence-corrected chi connectivity index (χ0v) is 5.76. The molecule has 1 aromatic carbocycles. The number of aryl methyl sites for hydroxylation is 1. The van der Waals surface area contributed by atoms with E-state index < -0.39 is 0 Å². The fraction of sp³-hybridized carbons (Fsp3) is 0.222. The third kappa shape index (κ3) is 2.18. The Balaban J connectivity index is 2.43. The van der Waals surface area contributed by atoms with Gasteiger partial charge < -0.3 is 0 Å². The molecule has 0 saturated heterocycles. The van der Waals surface area contributed by atoms with Crippen LogP contribution in [0, 0.1) is 6.67 Å². The molecule has 0 bridgehead atoms. The molecule has 0 N–H and O–H groups in total. The highest BCUT2D eigenvalue weighted by Gasteiger charge is 1.89. The van der Waals surface area contributed by atoms with Crippen molar-refractivity contribution < 1.29 is 4.39 Å². The van der Waals surface area contributed by atoms with Gasteiger partial charge in [-0.05, 0) is 18.4 Å². The summed E-state index contributed by atoms with van der Waals surface area (Å²) in [7, 11) is 0. The zero-order chi connectivity index (χ0) is 7.23. The minimum Gasteiger partial charge on any atom is -0.244 e. The molecule has 0 heterocycles. The normalized spacial score (nSPS) is 9.70. The van der Waals surface area contributed by atoms with Crippen LogP contribution in [0.1, 0.15) is 12.0 Å². The molecule has 10 heavy (non-hydrogen) atoms. The van der Waals surface area contributed by atoms with E-state index in [9.17, 15) is 4.39 Å². The van der Waals surface area contributed by atoms with Gasteiger partial charge in [0.1, 0.15) is 6.67 Å². The first-order valence-corrected chi connectivity index (χ1v) is 3.39. The number of hydrogen-bond donors (Lipinski definition) is 0. The molecule has 1 heteroatoms. The highest BCUT2D eigenvalue weighted by molar-refractivity contribution is 5.14. The smallest absolute Gasteiger partial charge is 0.131 e. The molecule has 0 aliphatic carbocycles. The van der Waals surface area contributed by atoms with E-state index in [1.54, 1.807) is 0 Å². The molecule has 0 aliphatic rings. The minimum atomic E-state index is 0.518. The molecule has 0 spiro atoms. The van der Waals surface area contributed by atoms with Gasteiger partial charge in [-0.15, -0.1) is 0 Å². The average Bonchev–Trinajstić information content (AvgIpc) is 2.03. The van der Waals surface area contributed by atoms with Gasteiger partial charge in [-0.25, -0.2) is 4.39 Å². The van der Waals surface area contributed by atoms with Crippen molar-refractivity contribution in [1.29, 1.82) is 0 Å². The summed E-state index contributed by atoms with van der Waals surface area (Å²) in [6.45, 7) is 0.701. The van der Waals surface area contributed by atoms with Crippen molar-refractivity contribution in [2.24, 2.45) is 0 Å². The van der Waals surface area contributed by atoms with Gasteiger partial charge in [0.05, 0.1) is 0 Å². The summed E-state index contributed by atoms with van der Waals surface area (Å²) >= 11 is 0. The number of rotatable bonds is 3. The van der Waals surface area contributed by atoms with Crippen molar-refractivity contribution in [3.05, 3.63) is 42.6 Å². The monoisotopic (exact) mass is 137 g/mol. The predicted molar refractivity (Wildman–Crippen MR) is 40.2 cm³/mol. The fourth-order valence-corrected chi connectivity index (χ4v) is 0.866. The van der Waals surface area contributed by atoms with Gasteiger partial charge >= 0.3 is 0 Å². The van der Waals surface area contributed by atoms with E-state index in [1.165, 1.54) is 5.56 Å². The van der Waals surface area contributed by atoms with Crippen molar-refractivity contribution >= 4 is 0 Å². The first kappa shape index (κ1) is 7.26. The SMILES string of the molecule is F[CH]CCc1ccccc1. The third-order valence-electron chi connectivity index (χ3n) is 1.38. The lowest BCUT2D eigenvalue weighted by Crippen LogP contribution is -1.81. The van der Waals surface area contributed by atoms with Gasteiger partial charge in [0.15, 0.2) is 0 Å². The van der Waals surface area contributed by atoms with E-state index in [4.69, 9.17) is 0 Å². The largest absolute Gasteiger partial charge is 0.244 e. The predicted octanol–water partition coefficient (Wildman–Crippen LogP) is 2.75. The second-order valence-corrected chi connectivity index (χ2v) is 2.18. The number of hydrogen-bond acceptors (Lipinski definition) is 0. The van der Waals surface area contributed by atoms with Crippen molar-refractivity contribution in [3.63, 3.8) is 0 Å². The Morgan fingerprint density at radius 1 is 1.20 bits per heavy atom. The van der Waals surface area contributed by atoms with Crippen molar-refractivity contribution in [1.82, 2.24) is 0 Å². The molecule has 1 aromatic rings. The summed E-state index contributed by atoms with van der Waals surface area (Å²) in [6, 6.07) is 9.90. The van der Waals surface area contributed by atoms with E-state index in [-0.39, 0.29) is 0 Å². The second-order valence-electron chi connectivity index (χ2n) is 2.18. The summed E-state index contributed by atoms with van der Waals surface area (Å²) < 4.78 is 11.6. The molecule has 0 nitrogen and oxygen atoms in total. The van der Waals surface area contributed by atoms with E-state index in [2.05, 4.69) is 0 Å². The molecule has 0 fully saturated rings. The molecular formula is C9H10F. The maximum atomic E-state index is 11.6. The maximum Gasteiger partial charge on any atom is 0.131 e. The lowest BCUT2D eigenvalue weighted by molar-refractivity contribution is 0.575. The maximum absolute atomic E-state index is 11.6. The molecule has 1 radical (unpaired) electrons. The van der Waals surface area contributed by atoms with Gasteiger partial charge in [0.2, 0.25) is 0 Å². The second kappa shape index (κ2) is 4.04. The third-order valence-corrected chi connectivity index (χ3v) is 1.38. The summed E-state index contributed by atoms with van der Waals surface area (Å²) in [5, 5.41) is 0. The highest BCUT2D eigenvalue weighted by atomic mass is 19.1. The van der Waals surface area contributed by atoms with Crippen LogP contribution in [0.2, 0.25) is 0 Å². The molecule has 1 rings (SSSR count). The van der Waals surface area contributed by atoms with Gasteiger partial charge in [0, 0.05) is 0 Å². The quantitative estimate of drug-likeness (QED) is 0.601. The van der Waals surface area contributed by atoms with E-state index in [1.807, 2.05) is 30.3 Å². The van der Waals surface area contributed by atoms with Crippen molar-refractivity contribution in [3.8, 4) is 0 Å². The molecule has 0 aromatic heterocycles. The first-order chi connectivity index (χ1) is 4.93. The van der Waals surface area contributed by atoms with Crippen LogP contribution in [0.4, 0.5) is 4.39 Å². The first-order valence-electron chi connectivity index (χ1n) is 3.39. The Morgan fingerprint density at radius 3 is 2.50 bits per heavy atom. The van der Waals surface area contributed by atoms with Crippen LogP contribution in [0.5, 0.6) is 0 Å². The Morgan fingerprint density at radius 2 is 1.90 bits per heavy atom. The van der Waals surface area contributed by atoms with Gasteiger partial charge in [0.25, 0.3) is 0 Å². The fourth-order valence-electron chi connectivity index (χ4n) is 0.866. The summed E-state index contributed by atoms with van der Waals surface area (Å²) in [5.41, 5.74) is 1.19. The standard InChI is InChI=1S/C9H10F/c10-8-4-7-9-5-2-1-3-6-9/h1-3,5-6,8H,4,7H2. The average molecular weight is 137 g/mol. The molecule has 0 unspecified atom stereocenters. The molecule has 0 saturated carbocycles. The molecule has 0 aliphatic heterocycles. The lowest BCUT2D eigenvalue weighted by Gasteiger charge is -1.94. The summed E-state index contributed by atoms with van der Waals surface area (Å²) in [5.74, 6) is 0.